The van der Waals surface area contributed by atoms with Crippen molar-refractivity contribution < 1.29 is 32.2 Å². The second-order valence-electron chi connectivity index (χ2n) is 7.50. The van der Waals surface area contributed by atoms with Crippen molar-refractivity contribution in [2.45, 2.75) is 30.8 Å². The lowest BCUT2D eigenvalue weighted by atomic mass is 9.98. The number of sulfonamides is 1. The molecule has 0 radical (unpaired) electrons. The lowest BCUT2D eigenvalue weighted by Gasteiger charge is -2.30. The van der Waals surface area contributed by atoms with Crippen LogP contribution in [0.2, 0.25) is 0 Å². The number of hydrogen-bond donors (Lipinski definition) is 1. The van der Waals surface area contributed by atoms with E-state index >= 15 is 0 Å². The van der Waals surface area contributed by atoms with E-state index in [-0.39, 0.29) is 18.0 Å². The highest BCUT2D eigenvalue weighted by Gasteiger charge is 2.34. The molecule has 0 bridgehead atoms. The van der Waals surface area contributed by atoms with Crippen LogP contribution in [-0.4, -0.2) is 63.0 Å². The Bertz CT molecular complexity index is 1080. The van der Waals surface area contributed by atoms with Crippen LogP contribution in [-0.2, 0) is 24.3 Å². The zero-order chi connectivity index (χ0) is 24.0. The predicted molar refractivity (Wildman–Crippen MR) is 119 cm³/mol. The number of aromatic nitrogens is 1. The molecule has 0 aliphatic carbocycles. The molecule has 2 heterocycles. The van der Waals surface area contributed by atoms with Gasteiger partial charge in [0.1, 0.15) is 16.4 Å². The van der Waals surface area contributed by atoms with Crippen molar-refractivity contribution in [3.8, 4) is 11.5 Å². The maximum absolute atomic E-state index is 12.7. The third-order valence-corrected chi connectivity index (χ3v) is 7.27. The number of esters is 1. The Morgan fingerprint density at radius 3 is 2.48 bits per heavy atom. The quantitative estimate of drug-likeness (QED) is 0.573. The summed E-state index contributed by atoms with van der Waals surface area (Å²) in [6, 6.07) is 7.99. The molecule has 178 valence electrons. The molecule has 10 nitrogen and oxygen atoms in total. The highest BCUT2D eigenvalue weighted by molar-refractivity contribution is 7.89. The molecular formula is C22H27N3O7S. The van der Waals surface area contributed by atoms with Gasteiger partial charge in [0, 0.05) is 31.5 Å². The number of anilines is 1. The third kappa shape index (κ3) is 5.79. The van der Waals surface area contributed by atoms with E-state index in [2.05, 4.69) is 10.3 Å². The van der Waals surface area contributed by atoms with Gasteiger partial charge in [0.15, 0.2) is 6.10 Å². The first-order valence-corrected chi connectivity index (χ1v) is 11.8. The first kappa shape index (κ1) is 24.5. The van der Waals surface area contributed by atoms with Crippen LogP contribution in [0.1, 0.15) is 19.8 Å². The zero-order valence-corrected chi connectivity index (χ0v) is 19.5. The van der Waals surface area contributed by atoms with Crippen LogP contribution >= 0.6 is 0 Å². The molecule has 1 amide bonds. The lowest BCUT2D eigenvalue weighted by Crippen LogP contribution is -2.41. The number of hydrogen-bond acceptors (Lipinski definition) is 8. The van der Waals surface area contributed by atoms with Crippen LogP contribution in [0.15, 0.2) is 47.6 Å². The molecule has 1 aromatic carbocycles. The summed E-state index contributed by atoms with van der Waals surface area (Å²) in [6.07, 6.45) is 2.36. The Morgan fingerprint density at radius 2 is 1.88 bits per heavy atom. The van der Waals surface area contributed by atoms with Gasteiger partial charge in [-0.15, -0.1) is 0 Å². The minimum atomic E-state index is -3.66. The molecule has 1 aromatic heterocycles. The van der Waals surface area contributed by atoms with Crippen molar-refractivity contribution in [3.63, 3.8) is 0 Å². The predicted octanol–water partition coefficient (Wildman–Crippen LogP) is 2.07. The van der Waals surface area contributed by atoms with Crippen molar-refractivity contribution >= 4 is 27.6 Å². The van der Waals surface area contributed by atoms with E-state index in [1.54, 1.807) is 24.3 Å². The Hall–Kier alpha value is -3.18. The van der Waals surface area contributed by atoms with Crippen LogP contribution in [0.3, 0.4) is 0 Å². The molecule has 0 spiro atoms. The number of carbonyl (C=O) groups excluding carboxylic acids is 2. The minimum absolute atomic E-state index is 0.115. The van der Waals surface area contributed by atoms with Gasteiger partial charge in [-0.2, -0.15) is 4.31 Å². The SMILES string of the molecule is COc1ccc(OC)c(NC(=O)C(C)OC(=O)C2CCN(S(=O)(=O)c3cccnc3)CC2)c1. The fourth-order valence-corrected chi connectivity index (χ4v) is 4.88. The van der Waals surface area contributed by atoms with Gasteiger partial charge in [-0.05, 0) is 44.0 Å². The summed E-state index contributed by atoms with van der Waals surface area (Å²) in [6.45, 7) is 1.83. The van der Waals surface area contributed by atoms with Crippen molar-refractivity contribution in [1.29, 1.82) is 0 Å². The molecule has 1 N–H and O–H groups in total. The van der Waals surface area contributed by atoms with Crippen LogP contribution < -0.4 is 14.8 Å². The van der Waals surface area contributed by atoms with Gasteiger partial charge in [0.05, 0.1) is 25.8 Å². The largest absolute Gasteiger partial charge is 0.497 e. The van der Waals surface area contributed by atoms with E-state index < -0.39 is 33.9 Å². The monoisotopic (exact) mass is 477 g/mol. The summed E-state index contributed by atoms with van der Waals surface area (Å²) in [7, 11) is -0.683. The third-order valence-electron chi connectivity index (χ3n) is 5.39. The molecule has 11 heteroatoms. The van der Waals surface area contributed by atoms with Crippen LogP contribution in [0, 0.1) is 5.92 Å². The number of rotatable bonds is 8. The number of nitrogens with zero attached hydrogens (tertiary/aromatic N) is 2. The minimum Gasteiger partial charge on any atom is -0.497 e. The van der Waals surface area contributed by atoms with Crippen molar-refractivity contribution in [3.05, 3.63) is 42.7 Å². The molecule has 1 saturated heterocycles. The topological polar surface area (TPSA) is 124 Å². The number of benzene rings is 1. The van der Waals surface area contributed by atoms with Gasteiger partial charge in [0.2, 0.25) is 10.0 Å². The molecule has 1 atom stereocenters. The second-order valence-corrected chi connectivity index (χ2v) is 9.44. The standard InChI is InChI=1S/C22H27N3O7S/c1-15(21(26)24-19-13-17(30-2)6-7-20(19)31-3)32-22(27)16-8-11-25(12-9-16)33(28,29)18-5-4-10-23-14-18/h4-7,10,13-16H,8-9,11-12H2,1-3H3,(H,24,26). The Labute approximate surface area is 192 Å². The summed E-state index contributed by atoms with van der Waals surface area (Å²) < 4.78 is 42.5. The fraction of sp³-hybridized carbons (Fsp3) is 0.409. The van der Waals surface area contributed by atoms with Gasteiger partial charge in [-0.3, -0.25) is 14.6 Å². The van der Waals surface area contributed by atoms with E-state index in [4.69, 9.17) is 14.2 Å². The number of amides is 1. The molecule has 0 saturated carbocycles. The van der Waals surface area contributed by atoms with Crippen molar-refractivity contribution in [1.82, 2.24) is 9.29 Å². The van der Waals surface area contributed by atoms with Crippen LogP contribution in [0.25, 0.3) is 0 Å². The maximum atomic E-state index is 12.7. The number of carbonyl (C=O) groups is 2. The van der Waals surface area contributed by atoms with Gasteiger partial charge >= 0.3 is 5.97 Å². The number of nitrogens with one attached hydrogen (secondary N) is 1. The Morgan fingerprint density at radius 1 is 1.15 bits per heavy atom. The van der Waals surface area contributed by atoms with Crippen molar-refractivity contribution in [2.24, 2.45) is 5.92 Å². The van der Waals surface area contributed by atoms with Gasteiger partial charge in [0.25, 0.3) is 5.91 Å². The molecule has 3 rings (SSSR count). The van der Waals surface area contributed by atoms with Crippen LogP contribution in [0.5, 0.6) is 11.5 Å². The molecule has 1 fully saturated rings. The average molecular weight is 478 g/mol. The zero-order valence-electron chi connectivity index (χ0n) is 18.7. The highest BCUT2D eigenvalue weighted by Crippen LogP contribution is 2.29. The lowest BCUT2D eigenvalue weighted by molar-refractivity contribution is -0.158. The van der Waals surface area contributed by atoms with Gasteiger partial charge in [-0.25, -0.2) is 8.42 Å². The average Bonchev–Trinajstić information content (AvgIpc) is 2.84. The van der Waals surface area contributed by atoms with E-state index in [0.717, 1.165) is 0 Å². The van der Waals surface area contributed by atoms with E-state index in [0.29, 0.717) is 30.0 Å². The maximum Gasteiger partial charge on any atom is 0.309 e. The van der Waals surface area contributed by atoms with E-state index in [1.807, 2.05) is 0 Å². The molecule has 1 aliphatic rings. The number of piperidine rings is 1. The first-order valence-electron chi connectivity index (χ1n) is 10.4. The first-order chi connectivity index (χ1) is 15.8. The molecular weight excluding hydrogens is 450 g/mol. The summed E-state index contributed by atoms with van der Waals surface area (Å²) in [5.41, 5.74) is 0.388. The van der Waals surface area contributed by atoms with Gasteiger partial charge < -0.3 is 19.5 Å². The number of methoxy groups -OCH3 is 2. The van der Waals surface area contributed by atoms with E-state index in [1.165, 1.54) is 43.9 Å². The summed E-state index contributed by atoms with van der Waals surface area (Å²) in [5, 5.41) is 2.67. The second kappa shape index (κ2) is 10.6. The van der Waals surface area contributed by atoms with Gasteiger partial charge in [-0.1, -0.05) is 0 Å². The smallest absolute Gasteiger partial charge is 0.309 e. The summed E-state index contributed by atoms with van der Waals surface area (Å²) in [5.74, 6) is -0.583. The fourth-order valence-electron chi connectivity index (χ4n) is 3.45. The Kier molecular flexibility index (Phi) is 7.88. The molecule has 1 unspecified atom stereocenters. The molecule has 2 aromatic rings. The number of pyridine rings is 1. The van der Waals surface area contributed by atoms with Crippen LogP contribution in [0.4, 0.5) is 5.69 Å². The summed E-state index contributed by atoms with van der Waals surface area (Å²) >= 11 is 0. The molecule has 1 aliphatic heterocycles. The highest BCUT2D eigenvalue weighted by atomic mass is 32.2. The Balaban J connectivity index is 1.55. The number of ether oxygens (including phenoxy) is 3. The summed E-state index contributed by atoms with van der Waals surface area (Å²) in [4.78, 5) is 29.1. The van der Waals surface area contributed by atoms with Crippen molar-refractivity contribution in [2.75, 3.05) is 32.6 Å². The van der Waals surface area contributed by atoms with E-state index in [9.17, 15) is 18.0 Å². The molecule has 33 heavy (non-hydrogen) atoms. The normalized spacial score (nSPS) is 16.0.